The summed E-state index contributed by atoms with van der Waals surface area (Å²) in [5.41, 5.74) is 3.72. The molecule has 146 valence electrons. The Hall–Kier alpha value is -2.76. The molecule has 0 radical (unpaired) electrons. The van der Waals surface area contributed by atoms with Crippen molar-refractivity contribution in [2.75, 3.05) is 13.2 Å². The third-order valence-electron chi connectivity index (χ3n) is 4.56. The Morgan fingerprint density at radius 2 is 1.68 bits per heavy atom. The van der Waals surface area contributed by atoms with Gasteiger partial charge in [0.05, 0.1) is 30.0 Å². The lowest BCUT2D eigenvalue weighted by Crippen LogP contribution is -2.07. The fourth-order valence-electron chi connectivity index (χ4n) is 3.11. The summed E-state index contributed by atoms with van der Waals surface area (Å²) in [6, 6.07) is 17.5. The second-order valence-electron chi connectivity index (χ2n) is 6.72. The van der Waals surface area contributed by atoms with Crippen LogP contribution in [0.4, 0.5) is 0 Å². The number of rotatable bonds is 10. The first-order valence-corrected chi connectivity index (χ1v) is 9.47. The highest BCUT2D eigenvalue weighted by molar-refractivity contribution is 5.91. The second-order valence-corrected chi connectivity index (χ2v) is 6.72. The highest BCUT2D eigenvalue weighted by Gasteiger charge is 2.12. The van der Waals surface area contributed by atoms with Crippen LogP contribution >= 0.6 is 0 Å². The fourth-order valence-corrected chi connectivity index (χ4v) is 3.11. The topological polar surface area (TPSA) is 68.7 Å². The molecule has 0 unspecified atom stereocenters. The van der Waals surface area contributed by atoms with Crippen LogP contribution in [0.5, 0.6) is 0 Å². The third-order valence-corrected chi connectivity index (χ3v) is 4.56. The van der Waals surface area contributed by atoms with E-state index in [0.717, 1.165) is 35.0 Å². The van der Waals surface area contributed by atoms with E-state index in [1.54, 1.807) is 19.1 Å². The fraction of sp³-hybridized carbons (Fsp3) is 0.304. The van der Waals surface area contributed by atoms with E-state index < -0.39 is 5.97 Å². The van der Waals surface area contributed by atoms with Crippen LogP contribution in [-0.2, 0) is 22.7 Å². The van der Waals surface area contributed by atoms with E-state index in [4.69, 9.17) is 9.47 Å². The zero-order valence-electron chi connectivity index (χ0n) is 16.1. The number of nitrogens with zero attached hydrogens (tertiary/aromatic N) is 1. The van der Waals surface area contributed by atoms with Gasteiger partial charge in [-0.1, -0.05) is 42.5 Å². The molecule has 0 saturated carbocycles. The van der Waals surface area contributed by atoms with Crippen molar-refractivity contribution < 1.29 is 19.4 Å². The Kier molecular flexibility index (Phi) is 7.12. The molecule has 5 heteroatoms. The second kappa shape index (κ2) is 9.97. The van der Waals surface area contributed by atoms with Crippen LogP contribution in [0.25, 0.3) is 10.9 Å². The van der Waals surface area contributed by atoms with Crippen LogP contribution in [-0.4, -0.2) is 29.3 Å². The number of carbonyl (C=O) groups is 1. The molecule has 0 aliphatic carbocycles. The zero-order chi connectivity index (χ0) is 19.8. The Bertz CT molecular complexity index is 939. The van der Waals surface area contributed by atoms with E-state index in [9.17, 15) is 9.90 Å². The molecule has 0 bridgehead atoms. The number of benzene rings is 2. The summed E-state index contributed by atoms with van der Waals surface area (Å²) in [7, 11) is 0. The molecule has 1 aromatic heterocycles. The predicted molar refractivity (Wildman–Crippen MR) is 108 cm³/mol. The van der Waals surface area contributed by atoms with Crippen LogP contribution in [0, 0.1) is 6.92 Å². The number of hydrogen-bond donors (Lipinski definition) is 1. The smallest absolute Gasteiger partial charge is 0.336 e. The molecule has 1 N–H and O–H groups in total. The van der Waals surface area contributed by atoms with Crippen molar-refractivity contribution in [2.24, 2.45) is 0 Å². The first-order chi connectivity index (χ1) is 13.6. The number of aromatic carboxylic acids is 1. The Labute approximate surface area is 164 Å². The lowest BCUT2D eigenvalue weighted by atomic mass is 10.0. The maximum atomic E-state index is 11.4. The first-order valence-electron chi connectivity index (χ1n) is 9.47. The number of fused-ring (bicyclic) bond motifs is 1. The van der Waals surface area contributed by atoms with Gasteiger partial charge in [-0.05, 0) is 43.0 Å². The molecule has 5 nitrogen and oxygen atoms in total. The van der Waals surface area contributed by atoms with E-state index >= 15 is 0 Å². The number of hydrogen-bond acceptors (Lipinski definition) is 4. The summed E-state index contributed by atoms with van der Waals surface area (Å²) in [5, 5.41) is 10.4. The summed E-state index contributed by atoms with van der Waals surface area (Å²) < 4.78 is 11.4. The molecule has 1 heterocycles. The zero-order valence-corrected chi connectivity index (χ0v) is 16.1. The summed E-state index contributed by atoms with van der Waals surface area (Å²) in [5.74, 6) is -0.910. The lowest BCUT2D eigenvalue weighted by molar-refractivity contribution is 0.0682. The number of carboxylic acid groups (broad SMARTS) is 1. The molecule has 0 atom stereocenters. The number of unbranched alkanes of at least 4 members (excludes halogenated alkanes) is 1. The van der Waals surface area contributed by atoms with Gasteiger partial charge in [-0.25, -0.2) is 4.79 Å². The molecule has 0 aliphatic heterocycles. The van der Waals surface area contributed by atoms with Gasteiger partial charge in [-0.3, -0.25) is 4.98 Å². The molecule has 0 amide bonds. The molecule has 0 fully saturated rings. The van der Waals surface area contributed by atoms with E-state index in [0.29, 0.717) is 37.6 Å². The molecular weight excluding hydrogens is 354 g/mol. The van der Waals surface area contributed by atoms with Gasteiger partial charge < -0.3 is 14.6 Å². The maximum Gasteiger partial charge on any atom is 0.336 e. The average molecular weight is 379 g/mol. The number of pyridine rings is 1. The minimum Gasteiger partial charge on any atom is -0.478 e. The van der Waals surface area contributed by atoms with Crippen LogP contribution < -0.4 is 0 Å². The minimum absolute atomic E-state index is 0.311. The van der Waals surface area contributed by atoms with E-state index in [-0.39, 0.29) is 0 Å². The van der Waals surface area contributed by atoms with Gasteiger partial charge in [0, 0.05) is 18.6 Å². The molecule has 3 rings (SSSR count). The summed E-state index contributed by atoms with van der Waals surface area (Å²) >= 11 is 0. The Morgan fingerprint density at radius 3 is 2.46 bits per heavy atom. The highest BCUT2D eigenvalue weighted by atomic mass is 16.5. The largest absolute Gasteiger partial charge is 0.478 e. The molecule has 3 aromatic rings. The van der Waals surface area contributed by atoms with Crippen LogP contribution in [0.15, 0.2) is 54.6 Å². The van der Waals surface area contributed by atoms with E-state index in [2.05, 4.69) is 11.1 Å². The number of aryl methyl sites for hydroxylation is 1. The van der Waals surface area contributed by atoms with E-state index in [1.165, 1.54) is 0 Å². The van der Waals surface area contributed by atoms with Gasteiger partial charge in [0.2, 0.25) is 0 Å². The lowest BCUT2D eigenvalue weighted by Gasteiger charge is -2.10. The van der Waals surface area contributed by atoms with Crippen LogP contribution in [0.2, 0.25) is 0 Å². The van der Waals surface area contributed by atoms with Gasteiger partial charge in [-0.2, -0.15) is 0 Å². The SMILES string of the molecule is Cc1cccc(COCCCCOCc2ccc3ccccc3n2)c1C(=O)O. The van der Waals surface area contributed by atoms with Gasteiger partial charge >= 0.3 is 5.97 Å². The normalized spacial score (nSPS) is 11.0. The molecule has 28 heavy (non-hydrogen) atoms. The van der Waals surface area contributed by atoms with Crippen LogP contribution in [0.3, 0.4) is 0 Å². The maximum absolute atomic E-state index is 11.4. The molecule has 0 spiro atoms. The molecule has 2 aromatic carbocycles. The van der Waals surface area contributed by atoms with Crippen molar-refractivity contribution in [3.05, 3.63) is 77.0 Å². The number of aromatic nitrogens is 1. The van der Waals surface area contributed by atoms with Crippen LogP contribution in [0.1, 0.15) is 40.0 Å². The highest BCUT2D eigenvalue weighted by Crippen LogP contribution is 2.16. The Balaban J connectivity index is 1.33. The van der Waals surface area contributed by atoms with Gasteiger partial charge in [-0.15, -0.1) is 0 Å². The summed E-state index contributed by atoms with van der Waals surface area (Å²) in [6.45, 7) is 3.82. The van der Waals surface area contributed by atoms with Crippen molar-refractivity contribution in [1.82, 2.24) is 4.98 Å². The van der Waals surface area contributed by atoms with Crippen molar-refractivity contribution in [1.29, 1.82) is 0 Å². The Morgan fingerprint density at radius 1 is 0.929 bits per heavy atom. The van der Waals surface area contributed by atoms with Crippen molar-refractivity contribution in [3.63, 3.8) is 0 Å². The van der Waals surface area contributed by atoms with Crippen molar-refractivity contribution in [3.8, 4) is 0 Å². The monoisotopic (exact) mass is 379 g/mol. The number of ether oxygens (including phenoxy) is 2. The number of carboxylic acids is 1. The predicted octanol–water partition coefficient (Wildman–Crippen LogP) is 4.76. The summed E-state index contributed by atoms with van der Waals surface area (Å²) in [6.07, 6.45) is 1.74. The van der Waals surface area contributed by atoms with Gasteiger partial charge in [0.1, 0.15) is 0 Å². The number of para-hydroxylation sites is 1. The average Bonchev–Trinajstić information content (AvgIpc) is 2.69. The van der Waals surface area contributed by atoms with E-state index in [1.807, 2.05) is 36.4 Å². The van der Waals surface area contributed by atoms with Crippen molar-refractivity contribution >= 4 is 16.9 Å². The summed E-state index contributed by atoms with van der Waals surface area (Å²) in [4.78, 5) is 15.9. The molecular formula is C23H25NO4. The van der Waals surface area contributed by atoms with Gasteiger partial charge in [0.15, 0.2) is 0 Å². The quantitative estimate of drug-likeness (QED) is 0.515. The van der Waals surface area contributed by atoms with Gasteiger partial charge in [0.25, 0.3) is 0 Å². The third kappa shape index (κ3) is 5.38. The standard InChI is InChI=1S/C23H25NO4/c1-17-7-6-9-19(22(17)23(25)26)15-27-13-4-5-14-28-16-20-12-11-18-8-2-3-10-21(18)24-20/h2-3,6-12H,4-5,13-16H2,1H3,(H,25,26). The minimum atomic E-state index is -0.910. The molecule has 0 saturated heterocycles. The van der Waals surface area contributed by atoms with Crippen molar-refractivity contribution in [2.45, 2.75) is 33.0 Å². The first kappa shape index (κ1) is 20.0. The molecule has 0 aliphatic rings.